The molecular weight excluding hydrogens is 208 g/mol. The van der Waals surface area contributed by atoms with Crippen LogP contribution in [0.3, 0.4) is 0 Å². The highest BCUT2D eigenvalue weighted by Crippen LogP contribution is 1.99. The molecule has 0 heterocycles. The number of carbonyl (C=O) groups is 2. The monoisotopic (exact) mass is 228 g/mol. The summed E-state index contributed by atoms with van der Waals surface area (Å²) in [4.78, 5) is 22.3. The Balaban J connectivity index is 3.98. The molecule has 0 aliphatic carbocycles. The fourth-order valence-electron chi connectivity index (χ4n) is 0.778. The molecule has 92 valence electrons. The van der Waals surface area contributed by atoms with Gasteiger partial charge in [-0.2, -0.15) is 0 Å². The number of carbonyl (C=O) groups excluding carboxylic acids is 2. The first-order valence-electron chi connectivity index (χ1n) is 5.58. The van der Waals surface area contributed by atoms with Crippen molar-refractivity contribution in [3.8, 4) is 0 Å². The maximum absolute atomic E-state index is 11.2. The van der Waals surface area contributed by atoms with Crippen LogP contribution in [0.25, 0.3) is 0 Å². The summed E-state index contributed by atoms with van der Waals surface area (Å²) in [5.74, 6) is -1.04. The number of hydrogen-bond donors (Lipinski definition) is 0. The lowest BCUT2D eigenvalue weighted by Gasteiger charge is -2.09. The summed E-state index contributed by atoms with van der Waals surface area (Å²) in [6.07, 6.45) is 3.41. The lowest BCUT2D eigenvalue weighted by Crippen LogP contribution is -2.14. The average Bonchev–Trinajstić information content (AvgIpc) is 2.26. The highest BCUT2D eigenvalue weighted by Gasteiger charge is 2.07. The van der Waals surface area contributed by atoms with Crippen molar-refractivity contribution in [2.75, 3.05) is 0 Å². The lowest BCUT2D eigenvalue weighted by molar-refractivity contribution is -0.145. The molecule has 0 rings (SSSR count). The SMILES string of the molecule is CC[C@@H](C)OC(=O)/C=C/C(=O)O[C@@H](C)CC. The molecule has 0 aromatic rings. The van der Waals surface area contributed by atoms with Crippen LogP contribution >= 0.6 is 0 Å². The Morgan fingerprint density at radius 2 is 1.25 bits per heavy atom. The predicted molar refractivity (Wildman–Crippen MR) is 60.8 cm³/mol. The maximum atomic E-state index is 11.2. The second-order valence-corrected chi connectivity index (χ2v) is 3.64. The third-order valence-corrected chi connectivity index (χ3v) is 2.14. The zero-order valence-electron chi connectivity index (χ0n) is 10.4. The minimum atomic E-state index is -0.518. The summed E-state index contributed by atoms with van der Waals surface area (Å²) >= 11 is 0. The van der Waals surface area contributed by atoms with Gasteiger partial charge in [-0.25, -0.2) is 9.59 Å². The number of hydrogen-bond acceptors (Lipinski definition) is 4. The molecule has 0 N–H and O–H groups in total. The molecule has 0 aliphatic rings. The molecule has 4 nitrogen and oxygen atoms in total. The van der Waals surface area contributed by atoms with Gasteiger partial charge < -0.3 is 9.47 Å². The lowest BCUT2D eigenvalue weighted by atomic mass is 10.3. The van der Waals surface area contributed by atoms with Crippen LogP contribution in [0.15, 0.2) is 12.2 Å². The van der Waals surface area contributed by atoms with Gasteiger partial charge in [-0.05, 0) is 26.7 Å². The summed E-state index contributed by atoms with van der Waals surface area (Å²) in [6, 6.07) is 0. The quantitative estimate of drug-likeness (QED) is 0.516. The maximum Gasteiger partial charge on any atom is 0.331 e. The third-order valence-electron chi connectivity index (χ3n) is 2.14. The molecule has 4 heteroatoms. The Kier molecular flexibility index (Phi) is 7.25. The van der Waals surface area contributed by atoms with Crippen molar-refractivity contribution in [2.45, 2.75) is 52.7 Å². The highest BCUT2D eigenvalue weighted by molar-refractivity contribution is 5.91. The molecule has 0 amide bonds. The van der Waals surface area contributed by atoms with Crippen molar-refractivity contribution < 1.29 is 19.1 Å². The van der Waals surface area contributed by atoms with Crippen molar-refractivity contribution in [2.24, 2.45) is 0 Å². The Hall–Kier alpha value is -1.32. The summed E-state index contributed by atoms with van der Waals surface area (Å²) in [7, 11) is 0. The number of ether oxygens (including phenoxy) is 2. The Labute approximate surface area is 96.6 Å². The van der Waals surface area contributed by atoms with Crippen LogP contribution in [0.4, 0.5) is 0 Å². The van der Waals surface area contributed by atoms with Crippen molar-refractivity contribution in [3.63, 3.8) is 0 Å². The molecule has 0 aromatic heterocycles. The van der Waals surface area contributed by atoms with Crippen LogP contribution in [0.1, 0.15) is 40.5 Å². The van der Waals surface area contributed by atoms with E-state index in [1.54, 1.807) is 13.8 Å². The van der Waals surface area contributed by atoms with E-state index in [0.29, 0.717) is 0 Å². The normalized spacial score (nSPS) is 14.5. The smallest absolute Gasteiger partial charge is 0.331 e. The van der Waals surface area contributed by atoms with Crippen LogP contribution in [0.5, 0.6) is 0 Å². The highest BCUT2D eigenvalue weighted by atomic mass is 16.5. The van der Waals surface area contributed by atoms with Gasteiger partial charge in [0.1, 0.15) is 0 Å². The Morgan fingerprint density at radius 1 is 0.938 bits per heavy atom. The van der Waals surface area contributed by atoms with Crippen LogP contribution in [0, 0.1) is 0 Å². The van der Waals surface area contributed by atoms with Crippen molar-refractivity contribution in [1.82, 2.24) is 0 Å². The second-order valence-electron chi connectivity index (χ2n) is 3.64. The molecule has 0 aromatic carbocycles. The third kappa shape index (κ3) is 7.04. The first kappa shape index (κ1) is 14.7. The molecule has 0 spiro atoms. The van der Waals surface area contributed by atoms with Gasteiger partial charge >= 0.3 is 11.9 Å². The van der Waals surface area contributed by atoms with Gasteiger partial charge in [0.05, 0.1) is 12.2 Å². The molecule has 0 radical (unpaired) electrons. The molecule has 0 saturated carbocycles. The van der Waals surface area contributed by atoms with E-state index in [2.05, 4.69) is 0 Å². The van der Waals surface area contributed by atoms with Gasteiger partial charge in [0, 0.05) is 12.2 Å². The van der Waals surface area contributed by atoms with E-state index in [0.717, 1.165) is 25.0 Å². The van der Waals surface area contributed by atoms with Gasteiger partial charge in [0.15, 0.2) is 0 Å². The van der Waals surface area contributed by atoms with E-state index in [4.69, 9.17) is 9.47 Å². The summed E-state index contributed by atoms with van der Waals surface area (Å²) < 4.78 is 9.90. The van der Waals surface area contributed by atoms with Gasteiger partial charge in [-0.3, -0.25) is 0 Å². The van der Waals surface area contributed by atoms with E-state index in [1.165, 1.54) is 0 Å². The summed E-state index contributed by atoms with van der Waals surface area (Å²) in [5.41, 5.74) is 0. The van der Waals surface area contributed by atoms with E-state index in [-0.39, 0.29) is 12.2 Å². The molecule has 16 heavy (non-hydrogen) atoms. The molecule has 0 fully saturated rings. The number of esters is 2. The van der Waals surface area contributed by atoms with Crippen LogP contribution < -0.4 is 0 Å². The number of rotatable bonds is 6. The van der Waals surface area contributed by atoms with Gasteiger partial charge in [-0.15, -0.1) is 0 Å². The zero-order chi connectivity index (χ0) is 12.6. The Morgan fingerprint density at radius 3 is 1.50 bits per heavy atom. The van der Waals surface area contributed by atoms with Gasteiger partial charge in [0.25, 0.3) is 0 Å². The predicted octanol–water partition coefficient (Wildman–Crippen LogP) is 2.23. The van der Waals surface area contributed by atoms with Crippen LogP contribution in [-0.4, -0.2) is 24.1 Å². The van der Waals surface area contributed by atoms with Crippen LogP contribution in [-0.2, 0) is 19.1 Å². The van der Waals surface area contributed by atoms with Gasteiger partial charge in [0.2, 0.25) is 0 Å². The van der Waals surface area contributed by atoms with Gasteiger partial charge in [-0.1, -0.05) is 13.8 Å². The van der Waals surface area contributed by atoms with E-state index in [1.807, 2.05) is 13.8 Å². The van der Waals surface area contributed by atoms with Crippen LogP contribution in [0.2, 0.25) is 0 Å². The standard InChI is InChI=1S/C12H20O4/c1-5-9(3)15-11(13)7-8-12(14)16-10(4)6-2/h7-10H,5-6H2,1-4H3/b8-7+/t9-,10+. The molecular formula is C12H20O4. The van der Waals surface area contributed by atoms with Crippen molar-refractivity contribution in [1.29, 1.82) is 0 Å². The fourth-order valence-corrected chi connectivity index (χ4v) is 0.778. The largest absolute Gasteiger partial charge is 0.460 e. The first-order valence-corrected chi connectivity index (χ1v) is 5.58. The molecule has 0 aliphatic heterocycles. The van der Waals surface area contributed by atoms with Crippen molar-refractivity contribution in [3.05, 3.63) is 12.2 Å². The second kappa shape index (κ2) is 7.91. The summed E-state index contributed by atoms with van der Waals surface area (Å²) in [6.45, 7) is 7.42. The molecule has 2 atom stereocenters. The average molecular weight is 228 g/mol. The zero-order valence-corrected chi connectivity index (χ0v) is 10.4. The fraction of sp³-hybridized carbons (Fsp3) is 0.667. The minimum absolute atomic E-state index is 0.136. The molecule has 0 bridgehead atoms. The van der Waals surface area contributed by atoms with E-state index in [9.17, 15) is 9.59 Å². The molecule has 0 unspecified atom stereocenters. The molecule has 0 saturated heterocycles. The Bertz CT molecular complexity index is 232. The topological polar surface area (TPSA) is 52.6 Å². The minimum Gasteiger partial charge on any atom is -0.460 e. The van der Waals surface area contributed by atoms with E-state index < -0.39 is 11.9 Å². The first-order chi connectivity index (χ1) is 7.49. The van der Waals surface area contributed by atoms with Crippen molar-refractivity contribution >= 4 is 11.9 Å². The van der Waals surface area contributed by atoms with E-state index >= 15 is 0 Å². The summed E-state index contributed by atoms with van der Waals surface area (Å²) in [5, 5.41) is 0.